The maximum Gasteiger partial charge on any atom is 0.225 e. The number of benzene rings is 1. The van der Waals surface area contributed by atoms with Crippen LogP contribution in [0.5, 0.6) is 5.75 Å². The van der Waals surface area contributed by atoms with Crippen LogP contribution in [0.1, 0.15) is 36.3 Å². The molecule has 27 heavy (non-hydrogen) atoms. The van der Waals surface area contributed by atoms with Gasteiger partial charge in [-0.15, -0.1) is 12.4 Å². The van der Waals surface area contributed by atoms with Gasteiger partial charge in [-0.3, -0.25) is 9.48 Å². The summed E-state index contributed by atoms with van der Waals surface area (Å²) in [5.74, 6) is 1.08. The molecule has 2 N–H and O–H groups in total. The van der Waals surface area contributed by atoms with Crippen LogP contribution >= 0.6 is 12.4 Å². The molecule has 0 radical (unpaired) electrons. The summed E-state index contributed by atoms with van der Waals surface area (Å²) in [5.41, 5.74) is 2.16. The lowest BCUT2D eigenvalue weighted by Gasteiger charge is -2.27. The van der Waals surface area contributed by atoms with Crippen molar-refractivity contribution in [3.05, 3.63) is 47.8 Å². The topological polar surface area (TPSA) is 68.2 Å². The van der Waals surface area contributed by atoms with Gasteiger partial charge in [-0.1, -0.05) is 18.2 Å². The van der Waals surface area contributed by atoms with Crippen LogP contribution in [0.3, 0.4) is 0 Å². The third kappa shape index (κ3) is 4.45. The van der Waals surface area contributed by atoms with E-state index in [0.717, 1.165) is 36.3 Å². The lowest BCUT2D eigenvalue weighted by Crippen LogP contribution is -2.34. The summed E-state index contributed by atoms with van der Waals surface area (Å²) in [6.07, 6.45) is 7.69. The summed E-state index contributed by atoms with van der Waals surface area (Å²) in [4.78, 5) is 12.8. The number of aryl methyl sites for hydroxylation is 1. The molecule has 4 rings (SSSR count). The molecule has 2 heterocycles. The molecule has 1 saturated heterocycles. The fourth-order valence-electron chi connectivity index (χ4n) is 3.68. The van der Waals surface area contributed by atoms with Crippen LogP contribution in [0.2, 0.25) is 0 Å². The van der Waals surface area contributed by atoms with Crippen molar-refractivity contribution in [3.8, 4) is 5.75 Å². The van der Waals surface area contributed by atoms with Gasteiger partial charge < -0.3 is 15.4 Å². The molecule has 0 bridgehead atoms. The average molecular weight is 391 g/mol. The van der Waals surface area contributed by atoms with Crippen molar-refractivity contribution < 1.29 is 9.53 Å². The van der Waals surface area contributed by atoms with Crippen LogP contribution in [0, 0.1) is 5.92 Å². The SMILES string of the molecule is Cl.Cn1cc([C@H]2CNC[C@@H]2C(=O)NCc2ccccc2OC2CCC2)cn1. The van der Waals surface area contributed by atoms with E-state index in [1.807, 2.05) is 43.7 Å². The van der Waals surface area contributed by atoms with E-state index in [2.05, 4.69) is 15.7 Å². The van der Waals surface area contributed by atoms with Crippen molar-refractivity contribution in [1.29, 1.82) is 0 Å². The van der Waals surface area contributed by atoms with Crippen molar-refractivity contribution in [1.82, 2.24) is 20.4 Å². The number of carbonyl (C=O) groups is 1. The highest BCUT2D eigenvalue weighted by atomic mass is 35.5. The van der Waals surface area contributed by atoms with Crippen molar-refractivity contribution in [3.63, 3.8) is 0 Å². The number of halogens is 1. The quantitative estimate of drug-likeness (QED) is 0.794. The minimum absolute atomic E-state index is 0. The molecule has 1 saturated carbocycles. The first-order valence-corrected chi connectivity index (χ1v) is 9.42. The van der Waals surface area contributed by atoms with E-state index in [4.69, 9.17) is 4.74 Å². The number of para-hydroxylation sites is 1. The number of ether oxygens (including phenoxy) is 1. The molecule has 7 heteroatoms. The maximum atomic E-state index is 12.8. The van der Waals surface area contributed by atoms with Gasteiger partial charge in [0.05, 0.1) is 18.2 Å². The van der Waals surface area contributed by atoms with Crippen molar-refractivity contribution in [2.45, 2.75) is 37.8 Å². The number of hydrogen-bond donors (Lipinski definition) is 2. The fraction of sp³-hybridized carbons (Fsp3) is 0.500. The van der Waals surface area contributed by atoms with Gasteiger partial charge in [0.25, 0.3) is 0 Å². The van der Waals surface area contributed by atoms with Crippen LogP contribution in [0.4, 0.5) is 0 Å². The second-order valence-electron chi connectivity index (χ2n) is 7.31. The van der Waals surface area contributed by atoms with E-state index in [9.17, 15) is 4.79 Å². The van der Waals surface area contributed by atoms with Gasteiger partial charge in [0.2, 0.25) is 5.91 Å². The fourth-order valence-corrected chi connectivity index (χ4v) is 3.68. The first-order chi connectivity index (χ1) is 12.7. The molecule has 6 nitrogen and oxygen atoms in total. The molecule has 2 fully saturated rings. The number of nitrogens with zero attached hydrogens (tertiary/aromatic N) is 2. The van der Waals surface area contributed by atoms with E-state index in [1.54, 1.807) is 4.68 Å². The largest absolute Gasteiger partial charge is 0.490 e. The molecule has 2 atom stereocenters. The zero-order valence-corrected chi connectivity index (χ0v) is 16.4. The van der Waals surface area contributed by atoms with E-state index in [-0.39, 0.29) is 30.2 Å². The molecule has 2 aliphatic rings. The van der Waals surface area contributed by atoms with E-state index < -0.39 is 0 Å². The van der Waals surface area contributed by atoms with Gasteiger partial charge in [0.1, 0.15) is 5.75 Å². The smallest absolute Gasteiger partial charge is 0.225 e. The number of carbonyl (C=O) groups excluding carboxylic acids is 1. The second kappa shape index (κ2) is 8.76. The van der Waals surface area contributed by atoms with Crippen molar-refractivity contribution in [2.24, 2.45) is 13.0 Å². The van der Waals surface area contributed by atoms with Crippen LogP contribution in [-0.2, 0) is 18.4 Å². The van der Waals surface area contributed by atoms with Crippen molar-refractivity contribution in [2.75, 3.05) is 13.1 Å². The summed E-state index contributed by atoms with van der Waals surface area (Å²) < 4.78 is 7.85. The molecule has 1 aromatic heterocycles. The summed E-state index contributed by atoms with van der Waals surface area (Å²) in [7, 11) is 1.90. The minimum Gasteiger partial charge on any atom is -0.490 e. The Hall–Kier alpha value is -2.05. The monoisotopic (exact) mass is 390 g/mol. The number of hydrogen-bond acceptors (Lipinski definition) is 4. The normalized spacial score (nSPS) is 22.0. The van der Waals surface area contributed by atoms with E-state index >= 15 is 0 Å². The van der Waals surface area contributed by atoms with E-state index in [0.29, 0.717) is 19.2 Å². The van der Waals surface area contributed by atoms with Crippen LogP contribution in [0.15, 0.2) is 36.7 Å². The van der Waals surface area contributed by atoms with Gasteiger partial charge in [-0.25, -0.2) is 0 Å². The molecule has 146 valence electrons. The number of aromatic nitrogens is 2. The predicted octanol–water partition coefficient (Wildman–Crippen LogP) is 2.39. The standard InChI is InChI=1S/C20H26N4O2.ClH/c1-24-13-15(10-23-24)17-11-21-12-18(17)20(25)22-9-14-5-2-3-8-19(14)26-16-6-4-7-16;/h2-3,5,8,10,13,16-18,21H,4,6-7,9,11-12H2,1H3,(H,22,25);1H/t17-,18+;/m1./s1. The molecular weight excluding hydrogens is 364 g/mol. The summed E-state index contributed by atoms with van der Waals surface area (Å²) in [5, 5.41) is 10.7. The molecule has 1 amide bonds. The Morgan fingerprint density at radius 2 is 2.15 bits per heavy atom. The summed E-state index contributed by atoms with van der Waals surface area (Å²) in [6.45, 7) is 2.01. The highest BCUT2D eigenvalue weighted by Crippen LogP contribution is 2.29. The molecule has 0 spiro atoms. The Morgan fingerprint density at radius 1 is 1.33 bits per heavy atom. The molecule has 2 aromatic rings. The second-order valence-corrected chi connectivity index (χ2v) is 7.31. The first-order valence-electron chi connectivity index (χ1n) is 9.42. The lowest BCUT2D eigenvalue weighted by molar-refractivity contribution is -0.125. The number of nitrogens with one attached hydrogen (secondary N) is 2. The molecule has 1 aliphatic heterocycles. The minimum atomic E-state index is -0.0705. The first kappa shape index (κ1) is 19.7. The molecule has 1 aromatic carbocycles. The highest BCUT2D eigenvalue weighted by Gasteiger charge is 2.34. The van der Waals surface area contributed by atoms with E-state index in [1.165, 1.54) is 6.42 Å². The van der Waals surface area contributed by atoms with Gasteiger partial charge >= 0.3 is 0 Å². The van der Waals surface area contributed by atoms with Gasteiger partial charge in [-0.2, -0.15) is 5.10 Å². The Morgan fingerprint density at radius 3 is 2.85 bits per heavy atom. The summed E-state index contributed by atoms with van der Waals surface area (Å²) in [6, 6.07) is 8.00. The Balaban J connectivity index is 0.00000210. The Bertz CT molecular complexity index is 775. The van der Waals surface area contributed by atoms with Crippen molar-refractivity contribution >= 4 is 18.3 Å². The van der Waals surface area contributed by atoms with Crippen LogP contribution in [0.25, 0.3) is 0 Å². The van der Waals surface area contributed by atoms with Gasteiger partial charge in [0, 0.05) is 44.4 Å². The summed E-state index contributed by atoms with van der Waals surface area (Å²) >= 11 is 0. The van der Waals surface area contributed by atoms with Gasteiger partial charge in [-0.05, 0) is 30.9 Å². The molecule has 0 unspecified atom stereocenters. The molecule has 1 aliphatic carbocycles. The van der Waals surface area contributed by atoms with Crippen LogP contribution < -0.4 is 15.4 Å². The third-order valence-electron chi connectivity index (χ3n) is 5.48. The van der Waals surface area contributed by atoms with Crippen LogP contribution in [-0.4, -0.2) is 34.9 Å². The Kier molecular flexibility index (Phi) is 6.39. The average Bonchev–Trinajstić information content (AvgIpc) is 3.25. The lowest BCUT2D eigenvalue weighted by atomic mass is 9.90. The van der Waals surface area contributed by atoms with Gasteiger partial charge in [0.15, 0.2) is 0 Å². The molecular formula is C20H27ClN4O2. The third-order valence-corrected chi connectivity index (χ3v) is 5.48. The Labute approximate surface area is 166 Å². The zero-order chi connectivity index (χ0) is 17.9. The zero-order valence-electron chi connectivity index (χ0n) is 15.6. The maximum absolute atomic E-state index is 12.8. The predicted molar refractivity (Wildman–Crippen MR) is 106 cm³/mol. The highest BCUT2D eigenvalue weighted by molar-refractivity contribution is 5.85. The number of rotatable bonds is 6. The number of amides is 1.